The molecule has 0 saturated carbocycles. The molecule has 1 rings (SSSR count). The molecule has 0 N–H and O–H groups in total. The molecule has 0 unspecified atom stereocenters. The zero-order valence-corrected chi connectivity index (χ0v) is 7.85. The van der Waals surface area contributed by atoms with Crippen molar-refractivity contribution in [3.63, 3.8) is 0 Å². The van der Waals surface area contributed by atoms with E-state index in [4.69, 9.17) is 0 Å². The van der Waals surface area contributed by atoms with Gasteiger partial charge in [0.25, 0.3) is 0 Å². The van der Waals surface area contributed by atoms with E-state index < -0.39 is 0 Å². The van der Waals surface area contributed by atoms with Gasteiger partial charge in [0.1, 0.15) is 0 Å². The lowest BCUT2D eigenvalue weighted by Crippen LogP contribution is -1.66. The van der Waals surface area contributed by atoms with Crippen LogP contribution >= 0.6 is 0 Å². The Hall–Kier alpha value is -1.56. The first-order valence-electron chi connectivity index (χ1n) is 4.44. The van der Waals surface area contributed by atoms with Crippen molar-refractivity contribution in [1.82, 2.24) is 0 Å². The largest absolute Gasteiger partial charge is 0.0877 e. The van der Waals surface area contributed by atoms with Gasteiger partial charge in [0.05, 0.1) is 0 Å². The SMILES string of the molecule is C\C=C/C=C\C=C\c1ccccc1. The highest BCUT2D eigenvalue weighted by molar-refractivity contribution is 5.50. The lowest BCUT2D eigenvalue weighted by molar-refractivity contribution is 1.66. The van der Waals surface area contributed by atoms with Gasteiger partial charge in [-0.1, -0.05) is 66.8 Å². The van der Waals surface area contributed by atoms with E-state index in [1.54, 1.807) is 0 Å². The van der Waals surface area contributed by atoms with Gasteiger partial charge in [-0.25, -0.2) is 0 Å². The van der Waals surface area contributed by atoms with Crippen LogP contribution in [-0.2, 0) is 0 Å². The molecule has 13 heavy (non-hydrogen) atoms. The van der Waals surface area contributed by atoms with Crippen LogP contribution in [0.25, 0.3) is 6.08 Å². The molecule has 0 heteroatoms. The van der Waals surface area contributed by atoms with Gasteiger partial charge in [-0.05, 0) is 12.5 Å². The Bertz CT molecular complexity index is 302. The summed E-state index contributed by atoms with van der Waals surface area (Å²) in [4.78, 5) is 0. The third-order valence-electron chi connectivity index (χ3n) is 1.61. The Kier molecular flexibility index (Phi) is 4.41. The summed E-state index contributed by atoms with van der Waals surface area (Å²) in [5, 5.41) is 0. The summed E-state index contributed by atoms with van der Waals surface area (Å²) in [6, 6.07) is 10.3. The molecule has 0 aliphatic heterocycles. The summed E-state index contributed by atoms with van der Waals surface area (Å²) >= 11 is 0. The third-order valence-corrected chi connectivity index (χ3v) is 1.61. The van der Waals surface area contributed by atoms with Gasteiger partial charge in [-0.15, -0.1) is 0 Å². The van der Waals surface area contributed by atoms with E-state index in [0.717, 1.165) is 0 Å². The van der Waals surface area contributed by atoms with Crippen molar-refractivity contribution in [2.75, 3.05) is 0 Å². The second-order valence-corrected chi connectivity index (χ2v) is 2.68. The predicted octanol–water partition coefficient (Wildman–Crippen LogP) is 3.83. The van der Waals surface area contributed by atoms with Crippen LogP contribution in [0.3, 0.4) is 0 Å². The first-order chi connectivity index (χ1) is 6.43. The molecule has 0 bridgehead atoms. The smallest absolute Gasteiger partial charge is 0.0257 e. The van der Waals surface area contributed by atoms with E-state index in [1.165, 1.54) is 5.56 Å². The molecule has 0 nitrogen and oxygen atoms in total. The number of hydrogen-bond donors (Lipinski definition) is 0. The molecule has 1 aromatic rings. The molecule has 0 saturated heterocycles. The fourth-order valence-electron chi connectivity index (χ4n) is 0.970. The number of rotatable bonds is 3. The Morgan fingerprint density at radius 2 is 1.54 bits per heavy atom. The average molecular weight is 170 g/mol. The molecule has 0 fully saturated rings. The number of hydrogen-bond acceptors (Lipinski definition) is 0. The fourth-order valence-corrected chi connectivity index (χ4v) is 0.970. The van der Waals surface area contributed by atoms with Crippen molar-refractivity contribution in [2.45, 2.75) is 6.92 Å². The van der Waals surface area contributed by atoms with Gasteiger partial charge in [0, 0.05) is 0 Å². The Balaban J connectivity index is 2.50. The van der Waals surface area contributed by atoms with Crippen LogP contribution in [0.2, 0.25) is 0 Å². The predicted molar refractivity (Wildman–Crippen MR) is 59.4 cm³/mol. The highest BCUT2D eigenvalue weighted by atomic mass is 13.8. The van der Waals surface area contributed by atoms with Crippen molar-refractivity contribution >= 4 is 6.08 Å². The van der Waals surface area contributed by atoms with Crippen LogP contribution < -0.4 is 0 Å². The fraction of sp³-hybridized carbons (Fsp3) is 0.0769. The summed E-state index contributed by atoms with van der Waals surface area (Å²) in [7, 11) is 0. The summed E-state index contributed by atoms with van der Waals surface area (Å²) in [5.74, 6) is 0. The van der Waals surface area contributed by atoms with Gasteiger partial charge in [0.15, 0.2) is 0 Å². The maximum Gasteiger partial charge on any atom is -0.0257 e. The highest BCUT2D eigenvalue weighted by Gasteiger charge is 1.78. The third kappa shape index (κ3) is 4.12. The normalized spacial score (nSPS) is 12.1. The van der Waals surface area contributed by atoms with Crippen LogP contribution in [0.5, 0.6) is 0 Å². The molecular weight excluding hydrogens is 156 g/mol. The van der Waals surface area contributed by atoms with Crippen molar-refractivity contribution in [3.05, 3.63) is 66.3 Å². The summed E-state index contributed by atoms with van der Waals surface area (Å²) < 4.78 is 0. The van der Waals surface area contributed by atoms with Crippen molar-refractivity contribution in [1.29, 1.82) is 0 Å². The minimum atomic E-state index is 1.23. The summed E-state index contributed by atoms with van der Waals surface area (Å²) in [6.45, 7) is 2.01. The standard InChI is InChI=1S/C13H14/c1-2-3-4-5-7-10-13-11-8-6-9-12-13/h2-12H,1H3/b3-2-,5-4-,10-7+. The first kappa shape index (κ1) is 9.53. The van der Waals surface area contributed by atoms with Gasteiger partial charge >= 0.3 is 0 Å². The molecule has 0 heterocycles. The van der Waals surface area contributed by atoms with Gasteiger partial charge in [0.2, 0.25) is 0 Å². The molecule has 0 aromatic heterocycles. The minimum Gasteiger partial charge on any atom is -0.0877 e. The molecule has 0 radical (unpaired) electrons. The van der Waals surface area contributed by atoms with Crippen LogP contribution in [0.1, 0.15) is 12.5 Å². The monoisotopic (exact) mass is 170 g/mol. The molecule has 1 aromatic carbocycles. The van der Waals surface area contributed by atoms with Crippen LogP contribution in [0, 0.1) is 0 Å². The Morgan fingerprint density at radius 3 is 2.23 bits per heavy atom. The topological polar surface area (TPSA) is 0 Å². The number of allylic oxidation sites excluding steroid dienone is 5. The maximum atomic E-state index is 2.08. The second-order valence-electron chi connectivity index (χ2n) is 2.68. The highest BCUT2D eigenvalue weighted by Crippen LogP contribution is 2.00. The first-order valence-corrected chi connectivity index (χ1v) is 4.44. The lowest BCUT2D eigenvalue weighted by Gasteiger charge is -1.87. The Morgan fingerprint density at radius 1 is 0.846 bits per heavy atom. The average Bonchev–Trinajstić information content (AvgIpc) is 2.19. The molecule has 0 amide bonds. The number of benzene rings is 1. The quantitative estimate of drug-likeness (QED) is 0.605. The molecule has 66 valence electrons. The molecule has 0 aliphatic carbocycles. The van der Waals surface area contributed by atoms with E-state index >= 15 is 0 Å². The van der Waals surface area contributed by atoms with Crippen molar-refractivity contribution < 1.29 is 0 Å². The summed E-state index contributed by atoms with van der Waals surface area (Å²) in [5.41, 5.74) is 1.23. The van der Waals surface area contributed by atoms with Gasteiger partial charge < -0.3 is 0 Å². The van der Waals surface area contributed by atoms with Crippen LogP contribution in [-0.4, -0.2) is 0 Å². The molecular formula is C13H14. The summed E-state index contributed by atoms with van der Waals surface area (Å²) in [6.07, 6.45) is 12.2. The van der Waals surface area contributed by atoms with Crippen molar-refractivity contribution in [3.8, 4) is 0 Å². The minimum absolute atomic E-state index is 1.23. The molecule has 0 aliphatic rings. The molecule has 0 spiro atoms. The maximum absolute atomic E-state index is 2.08. The lowest BCUT2D eigenvalue weighted by atomic mass is 10.2. The van der Waals surface area contributed by atoms with E-state index in [1.807, 2.05) is 55.5 Å². The van der Waals surface area contributed by atoms with Gasteiger partial charge in [-0.2, -0.15) is 0 Å². The Labute approximate surface area is 79.9 Å². The van der Waals surface area contributed by atoms with Crippen molar-refractivity contribution in [2.24, 2.45) is 0 Å². The van der Waals surface area contributed by atoms with Gasteiger partial charge in [-0.3, -0.25) is 0 Å². The van der Waals surface area contributed by atoms with E-state index in [9.17, 15) is 0 Å². The second kappa shape index (κ2) is 6.01. The zero-order chi connectivity index (χ0) is 9.36. The van der Waals surface area contributed by atoms with E-state index in [0.29, 0.717) is 0 Å². The molecule has 0 atom stereocenters. The van der Waals surface area contributed by atoms with E-state index in [-0.39, 0.29) is 0 Å². The van der Waals surface area contributed by atoms with Crippen LogP contribution in [0.15, 0.2) is 60.7 Å². The zero-order valence-electron chi connectivity index (χ0n) is 7.85. The van der Waals surface area contributed by atoms with E-state index in [2.05, 4.69) is 18.2 Å². The van der Waals surface area contributed by atoms with Crippen LogP contribution in [0.4, 0.5) is 0 Å².